The largest absolute Gasteiger partial charge is 0.356 e. The summed E-state index contributed by atoms with van der Waals surface area (Å²) in [6.07, 6.45) is 0. The Morgan fingerprint density at radius 3 is 1.22 bits per heavy atom. The molecule has 0 bridgehead atoms. The third-order valence-corrected chi connectivity index (χ3v) is 4.21. The van der Waals surface area contributed by atoms with Crippen molar-refractivity contribution >= 4 is 34.7 Å². The van der Waals surface area contributed by atoms with Crippen LogP contribution in [0.5, 0.6) is 0 Å². The van der Waals surface area contributed by atoms with Crippen molar-refractivity contribution in [1.82, 2.24) is 10.1 Å². The number of nitrogens with one attached hydrogen (secondary N) is 3. The Bertz CT molecular complexity index is 778. The molecule has 0 amide bonds. The average molecular weight is 367 g/mol. The van der Waals surface area contributed by atoms with Crippen LogP contribution in [0.2, 0.25) is 0 Å². The zero-order valence-corrected chi connectivity index (χ0v) is 14.6. The van der Waals surface area contributed by atoms with Crippen LogP contribution in [0.1, 0.15) is 0 Å². The van der Waals surface area contributed by atoms with Crippen LogP contribution in [-0.2, 0) is 0 Å². The van der Waals surface area contributed by atoms with Gasteiger partial charge in [-0.05, 0) is 48.5 Å². The first-order valence-electron chi connectivity index (χ1n) is 8.70. The maximum Gasteiger partial charge on any atom is 0.222 e. The minimum atomic E-state index is 0.465. The average Bonchev–Trinajstić information content (AvgIpc) is 3.27. The molecule has 2 aromatic carbocycles. The molecule has 0 unspecified atom stereocenters. The molecule has 2 aromatic rings. The molecule has 0 radical (unpaired) electrons. The number of hydrogen-bond donors (Lipinski definition) is 5. The van der Waals surface area contributed by atoms with Crippen LogP contribution in [0.4, 0.5) is 22.7 Å². The SMILES string of the molecule is ON1CCN=C1Nc1ccc(Nc2ccc(NC3=NCCN3O)cc2)cc1. The van der Waals surface area contributed by atoms with E-state index in [4.69, 9.17) is 0 Å². The first-order chi connectivity index (χ1) is 13.2. The molecular formula is C18H21N7O2. The third-order valence-electron chi connectivity index (χ3n) is 4.21. The van der Waals surface area contributed by atoms with Gasteiger partial charge in [-0.25, -0.2) is 20.1 Å². The molecule has 2 heterocycles. The summed E-state index contributed by atoms with van der Waals surface area (Å²) in [7, 11) is 0. The van der Waals surface area contributed by atoms with Crippen molar-refractivity contribution in [3.63, 3.8) is 0 Å². The quantitative estimate of drug-likeness (QED) is 0.565. The van der Waals surface area contributed by atoms with Crippen molar-refractivity contribution in [2.24, 2.45) is 9.98 Å². The summed E-state index contributed by atoms with van der Waals surface area (Å²) in [6, 6.07) is 15.5. The number of rotatable bonds is 4. The van der Waals surface area contributed by atoms with E-state index in [9.17, 15) is 10.4 Å². The van der Waals surface area contributed by atoms with Crippen molar-refractivity contribution < 1.29 is 10.4 Å². The Morgan fingerprint density at radius 2 is 0.926 bits per heavy atom. The van der Waals surface area contributed by atoms with E-state index in [1.54, 1.807) is 0 Å². The topological polar surface area (TPSA) is 108 Å². The smallest absolute Gasteiger partial charge is 0.222 e. The summed E-state index contributed by atoms with van der Waals surface area (Å²) in [5, 5.41) is 31.0. The molecule has 0 atom stereocenters. The van der Waals surface area contributed by atoms with Gasteiger partial charge < -0.3 is 16.0 Å². The Hall–Kier alpha value is -3.30. The molecule has 0 fully saturated rings. The molecule has 0 spiro atoms. The molecule has 0 aliphatic carbocycles. The van der Waals surface area contributed by atoms with Gasteiger partial charge in [0.2, 0.25) is 11.9 Å². The highest BCUT2D eigenvalue weighted by atomic mass is 16.5. The molecule has 9 nitrogen and oxygen atoms in total. The van der Waals surface area contributed by atoms with E-state index in [-0.39, 0.29) is 0 Å². The Kier molecular flexibility index (Phi) is 4.77. The van der Waals surface area contributed by atoms with E-state index >= 15 is 0 Å². The molecular weight excluding hydrogens is 346 g/mol. The molecule has 4 rings (SSSR count). The van der Waals surface area contributed by atoms with Gasteiger partial charge in [0.1, 0.15) is 0 Å². The second kappa shape index (κ2) is 7.52. The van der Waals surface area contributed by atoms with Gasteiger partial charge in [0.05, 0.1) is 26.2 Å². The Balaban J connectivity index is 1.34. The number of aliphatic imine (C=N–C) groups is 2. The lowest BCUT2D eigenvalue weighted by molar-refractivity contribution is -0.00284. The van der Waals surface area contributed by atoms with E-state index in [1.165, 1.54) is 0 Å². The second-order valence-electron chi connectivity index (χ2n) is 6.19. The summed E-state index contributed by atoms with van der Waals surface area (Å²) in [6.45, 7) is 2.20. The van der Waals surface area contributed by atoms with Gasteiger partial charge in [-0.2, -0.15) is 0 Å². The molecule has 140 valence electrons. The highest BCUT2D eigenvalue weighted by Gasteiger charge is 2.15. The molecule has 5 N–H and O–H groups in total. The highest BCUT2D eigenvalue weighted by Crippen LogP contribution is 2.21. The Labute approximate surface area is 156 Å². The lowest BCUT2D eigenvalue weighted by atomic mass is 10.2. The van der Waals surface area contributed by atoms with Crippen LogP contribution in [0.25, 0.3) is 0 Å². The number of hydroxylamine groups is 4. The fourth-order valence-corrected chi connectivity index (χ4v) is 2.78. The lowest BCUT2D eigenvalue weighted by Gasteiger charge is -2.14. The van der Waals surface area contributed by atoms with Gasteiger partial charge in [-0.3, -0.25) is 10.4 Å². The van der Waals surface area contributed by atoms with E-state index in [2.05, 4.69) is 25.9 Å². The van der Waals surface area contributed by atoms with Gasteiger partial charge in [0.25, 0.3) is 0 Å². The van der Waals surface area contributed by atoms with E-state index in [0.29, 0.717) is 38.1 Å². The first kappa shape index (κ1) is 17.1. The van der Waals surface area contributed by atoms with Gasteiger partial charge >= 0.3 is 0 Å². The molecule has 0 saturated carbocycles. The van der Waals surface area contributed by atoms with Gasteiger partial charge in [0, 0.05) is 22.7 Å². The Morgan fingerprint density at radius 1 is 0.593 bits per heavy atom. The predicted molar refractivity (Wildman–Crippen MR) is 105 cm³/mol. The summed E-state index contributed by atoms with van der Waals surface area (Å²) >= 11 is 0. The van der Waals surface area contributed by atoms with Crippen LogP contribution < -0.4 is 16.0 Å². The fourth-order valence-electron chi connectivity index (χ4n) is 2.78. The van der Waals surface area contributed by atoms with Crippen molar-refractivity contribution in [3.05, 3.63) is 48.5 Å². The zero-order valence-electron chi connectivity index (χ0n) is 14.6. The lowest BCUT2D eigenvalue weighted by Crippen LogP contribution is -2.29. The summed E-state index contributed by atoms with van der Waals surface area (Å²) in [5.74, 6) is 0.930. The highest BCUT2D eigenvalue weighted by molar-refractivity contribution is 5.94. The molecule has 2 aliphatic heterocycles. The minimum Gasteiger partial charge on any atom is -0.356 e. The zero-order chi connectivity index (χ0) is 18.6. The predicted octanol–water partition coefficient (Wildman–Crippen LogP) is 2.38. The van der Waals surface area contributed by atoms with Gasteiger partial charge in [-0.1, -0.05) is 0 Å². The number of nitrogens with zero attached hydrogens (tertiary/aromatic N) is 4. The van der Waals surface area contributed by atoms with Crippen LogP contribution >= 0.6 is 0 Å². The molecule has 0 aromatic heterocycles. The van der Waals surface area contributed by atoms with Gasteiger partial charge in [-0.15, -0.1) is 0 Å². The molecule has 2 aliphatic rings. The number of hydrogen-bond acceptors (Lipinski definition) is 9. The monoisotopic (exact) mass is 367 g/mol. The van der Waals surface area contributed by atoms with E-state index in [0.717, 1.165) is 32.9 Å². The number of benzene rings is 2. The maximum absolute atomic E-state index is 9.62. The second-order valence-corrected chi connectivity index (χ2v) is 6.19. The number of anilines is 4. The minimum absolute atomic E-state index is 0.465. The summed E-state index contributed by atoms with van der Waals surface area (Å²) in [5.41, 5.74) is 3.59. The van der Waals surface area contributed by atoms with Crippen molar-refractivity contribution in [1.29, 1.82) is 0 Å². The molecule has 27 heavy (non-hydrogen) atoms. The third kappa shape index (κ3) is 4.10. The van der Waals surface area contributed by atoms with Crippen LogP contribution in [0, 0.1) is 0 Å². The van der Waals surface area contributed by atoms with Crippen molar-refractivity contribution in [2.75, 3.05) is 42.1 Å². The summed E-state index contributed by atoms with van der Waals surface area (Å²) < 4.78 is 0. The van der Waals surface area contributed by atoms with E-state index < -0.39 is 0 Å². The van der Waals surface area contributed by atoms with Gasteiger partial charge in [0.15, 0.2) is 0 Å². The van der Waals surface area contributed by atoms with Crippen LogP contribution in [0.3, 0.4) is 0 Å². The van der Waals surface area contributed by atoms with Crippen molar-refractivity contribution in [2.45, 2.75) is 0 Å². The number of guanidine groups is 2. The van der Waals surface area contributed by atoms with Crippen LogP contribution in [0.15, 0.2) is 58.5 Å². The first-order valence-corrected chi connectivity index (χ1v) is 8.70. The standard InChI is InChI=1S/C18H21N7O2/c26-24-11-9-19-17(24)22-15-5-1-13(2-6-15)21-14-3-7-16(8-4-14)23-18-20-10-12-25(18)27/h1-8,21,26-27H,9-12H2,(H,19,22)(H,20,23). The summed E-state index contributed by atoms with van der Waals surface area (Å²) in [4.78, 5) is 8.37. The molecule has 9 heteroatoms. The fraction of sp³-hybridized carbons (Fsp3) is 0.222. The normalized spacial score (nSPS) is 16.2. The van der Waals surface area contributed by atoms with E-state index in [1.807, 2.05) is 48.5 Å². The van der Waals surface area contributed by atoms with Crippen LogP contribution in [-0.4, -0.2) is 58.6 Å². The molecule has 0 saturated heterocycles. The van der Waals surface area contributed by atoms with Crippen molar-refractivity contribution in [3.8, 4) is 0 Å². The maximum atomic E-state index is 9.62.